The average Bonchev–Trinajstić information content (AvgIpc) is 2.54. The van der Waals surface area contributed by atoms with Crippen molar-refractivity contribution < 1.29 is 9.53 Å². The molecule has 1 aromatic carbocycles. The molecule has 0 saturated carbocycles. The molecule has 1 heterocycles. The maximum atomic E-state index is 11.9. The van der Waals surface area contributed by atoms with Crippen LogP contribution in [0.25, 0.3) is 0 Å². The van der Waals surface area contributed by atoms with E-state index in [0.717, 1.165) is 11.3 Å². The highest BCUT2D eigenvalue weighted by atomic mass is 32.1. The van der Waals surface area contributed by atoms with Gasteiger partial charge in [0.25, 0.3) is 5.91 Å². The fourth-order valence-corrected chi connectivity index (χ4v) is 2.17. The van der Waals surface area contributed by atoms with Crippen LogP contribution in [0.4, 0.5) is 5.69 Å². The summed E-state index contributed by atoms with van der Waals surface area (Å²) < 4.78 is 5.07. The van der Waals surface area contributed by atoms with Gasteiger partial charge in [-0.25, -0.2) is 0 Å². The minimum absolute atomic E-state index is 0.0235. The van der Waals surface area contributed by atoms with Gasteiger partial charge in [0.15, 0.2) is 5.11 Å². The van der Waals surface area contributed by atoms with Crippen LogP contribution < -0.4 is 10.2 Å². The number of benzene rings is 1. The Labute approximate surface area is 106 Å². The zero-order valence-electron chi connectivity index (χ0n) is 9.77. The van der Waals surface area contributed by atoms with Crippen molar-refractivity contribution in [3.05, 3.63) is 29.8 Å². The van der Waals surface area contributed by atoms with Crippen molar-refractivity contribution >= 4 is 28.9 Å². The van der Waals surface area contributed by atoms with Crippen molar-refractivity contribution in [3.8, 4) is 0 Å². The summed E-state index contributed by atoms with van der Waals surface area (Å²) in [6.45, 7) is 2.32. The van der Waals surface area contributed by atoms with Gasteiger partial charge >= 0.3 is 0 Å². The minimum atomic E-state index is -0.256. The van der Waals surface area contributed by atoms with Gasteiger partial charge in [-0.3, -0.25) is 9.69 Å². The van der Waals surface area contributed by atoms with Crippen LogP contribution in [0.1, 0.15) is 12.5 Å². The quantitative estimate of drug-likeness (QED) is 0.824. The van der Waals surface area contributed by atoms with E-state index in [4.69, 9.17) is 17.0 Å². The smallest absolute Gasteiger partial charge is 0.255 e. The molecule has 1 aliphatic rings. The number of rotatable bonds is 3. The number of thiocarbonyl (C=S) groups is 1. The van der Waals surface area contributed by atoms with Crippen LogP contribution in [0, 0.1) is 0 Å². The Bertz CT molecular complexity index is 462. The van der Waals surface area contributed by atoms with Crippen molar-refractivity contribution in [2.24, 2.45) is 0 Å². The van der Waals surface area contributed by atoms with E-state index in [1.54, 1.807) is 14.0 Å². The van der Waals surface area contributed by atoms with Crippen molar-refractivity contribution in [1.82, 2.24) is 5.32 Å². The number of anilines is 1. The van der Waals surface area contributed by atoms with Crippen molar-refractivity contribution in [3.63, 3.8) is 0 Å². The zero-order valence-corrected chi connectivity index (χ0v) is 10.6. The van der Waals surface area contributed by atoms with Crippen LogP contribution in [-0.2, 0) is 16.1 Å². The molecule has 5 heteroatoms. The summed E-state index contributed by atoms with van der Waals surface area (Å²) in [6.07, 6.45) is 0. The van der Waals surface area contributed by atoms with Crippen molar-refractivity contribution in [2.75, 3.05) is 12.0 Å². The predicted molar refractivity (Wildman–Crippen MR) is 69.8 cm³/mol. The van der Waals surface area contributed by atoms with Crippen LogP contribution in [0.15, 0.2) is 24.3 Å². The Morgan fingerprint density at radius 2 is 2.29 bits per heavy atom. The zero-order chi connectivity index (χ0) is 12.4. The lowest BCUT2D eigenvalue weighted by Gasteiger charge is -2.15. The van der Waals surface area contributed by atoms with Crippen LogP contribution in [0.2, 0.25) is 0 Å². The van der Waals surface area contributed by atoms with Gasteiger partial charge in [-0.1, -0.05) is 12.1 Å². The SMILES string of the molecule is COCc1cccc(N2C(=O)[C@H](C)NC2=S)c1. The van der Waals surface area contributed by atoms with Gasteiger partial charge < -0.3 is 10.1 Å². The largest absolute Gasteiger partial charge is 0.380 e. The van der Waals surface area contributed by atoms with E-state index >= 15 is 0 Å². The standard InChI is InChI=1S/C12H14N2O2S/c1-8-11(15)14(12(17)13-8)10-5-3-4-9(6-10)7-16-2/h3-6,8H,7H2,1-2H3,(H,13,17)/t8-/m0/s1. The van der Waals surface area contributed by atoms with E-state index in [-0.39, 0.29) is 11.9 Å². The minimum Gasteiger partial charge on any atom is -0.380 e. The third-order valence-electron chi connectivity index (χ3n) is 2.61. The summed E-state index contributed by atoms with van der Waals surface area (Å²) in [4.78, 5) is 13.5. The topological polar surface area (TPSA) is 41.6 Å². The van der Waals surface area contributed by atoms with Crippen LogP contribution in [0.5, 0.6) is 0 Å². The highest BCUT2D eigenvalue weighted by molar-refractivity contribution is 7.80. The molecule has 1 N–H and O–H groups in total. The number of carbonyl (C=O) groups excluding carboxylic acids is 1. The molecule has 1 saturated heterocycles. The van der Waals surface area contributed by atoms with Crippen LogP contribution in [-0.4, -0.2) is 24.2 Å². The Balaban J connectivity index is 2.30. The molecular weight excluding hydrogens is 236 g/mol. The molecule has 0 bridgehead atoms. The Kier molecular flexibility index (Phi) is 3.40. The Morgan fingerprint density at radius 3 is 2.88 bits per heavy atom. The number of amides is 1. The Hall–Kier alpha value is -1.46. The van der Waals surface area contributed by atoms with Gasteiger partial charge in [-0.15, -0.1) is 0 Å². The highest BCUT2D eigenvalue weighted by Gasteiger charge is 2.33. The maximum absolute atomic E-state index is 11.9. The van der Waals surface area contributed by atoms with Crippen LogP contribution >= 0.6 is 12.2 Å². The van der Waals surface area contributed by atoms with E-state index in [1.165, 1.54) is 4.90 Å². The molecule has 0 aromatic heterocycles. The summed E-state index contributed by atoms with van der Waals surface area (Å²) in [5, 5.41) is 3.40. The lowest BCUT2D eigenvalue weighted by molar-refractivity contribution is -0.117. The van der Waals surface area contributed by atoms with E-state index < -0.39 is 0 Å². The van der Waals surface area contributed by atoms with Crippen LogP contribution in [0.3, 0.4) is 0 Å². The number of ether oxygens (including phenoxy) is 1. The van der Waals surface area contributed by atoms with Gasteiger partial charge in [-0.05, 0) is 36.8 Å². The van der Waals surface area contributed by atoms with E-state index in [0.29, 0.717) is 11.7 Å². The molecule has 1 aromatic rings. The molecule has 0 radical (unpaired) electrons. The summed E-state index contributed by atoms with van der Waals surface area (Å²) in [5.74, 6) is -0.0235. The summed E-state index contributed by atoms with van der Waals surface area (Å²) >= 11 is 5.15. The number of methoxy groups -OCH3 is 1. The first-order chi connectivity index (χ1) is 8.13. The molecule has 0 aliphatic carbocycles. The molecule has 0 spiro atoms. The molecular formula is C12H14N2O2S. The van der Waals surface area contributed by atoms with Gasteiger partial charge in [0.2, 0.25) is 0 Å². The lowest BCUT2D eigenvalue weighted by atomic mass is 10.2. The summed E-state index contributed by atoms with van der Waals surface area (Å²) in [7, 11) is 1.64. The van der Waals surface area contributed by atoms with E-state index in [9.17, 15) is 4.79 Å². The lowest BCUT2D eigenvalue weighted by Crippen LogP contribution is -2.30. The molecule has 4 nitrogen and oxygen atoms in total. The number of nitrogens with zero attached hydrogens (tertiary/aromatic N) is 1. The molecule has 90 valence electrons. The first-order valence-electron chi connectivity index (χ1n) is 5.36. The molecule has 1 aliphatic heterocycles. The molecule has 1 amide bonds. The second-order valence-electron chi connectivity index (χ2n) is 3.95. The molecule has 0 unspecified atom stereocenters. The first kappa shape index (κ1) is 12.0. The molecule has 1 atom stereocenters. The van der Waals surface area contributed by atoms with Crippen molar-refractivity contribution in [2.45, 2.75) is 19.6 Å². The molecule has 17 heavy (non-hydrogen) atoms. The highest BCUT2D eigenvalue weighted by Crippen LogP contribution is 2.21. The van der Waals surface area contributed by atoms with Gasteiger partial charge in [0.05, 0.1) is 12.3 Å². The predicted octanol–water partition coefficient (Wildman–Crippen LogP) is 1.44. The third kappa shape index (κ3) is 2.30. The number of carbonyl (C=O) groups is 1. The van der Waals surface area contributed by atoms with E-state index in [2.05, 4.69) is 5.32 Å². The monoisotopic (exact) mass is 250 g/mol. The fraction of sp³-hybridized carbons (Fsp3) is 0.333. The number of hydrogen-bond donors (Lipinski definition) is 1. The van der Waals surface area contributed by atoms with Crippen molar-refractivity contribution in [1.29, 1.82) is 0 Å². The Morgan fingerprint density at radius 1 is 1.53 bits per heavy atom. The first-order valence-corrected chi connectivity index (χ1v) is 5.76. The van der Waals surface area contributed by atoms with Gasteiger partial charge in [-0.2, -0.15) is 0 Å². The summed E-state index contributed by atoms with van der Waals surface area (Å²) in [6, 6.07) is 7.36. The van der Waals surface area contributed by atoms with Gasteiger partial charge in [0, 0.05) is 7.11 Å². The molecule has 1 fully saturated rings. The number of hydrogen-bond acceptors (Lipinski definition) is 3. The number of nitrogens with one attached hydrogen (secondary N) is 1. The fourth-order valence-electron chi connectivity index (χ4n) is 1.80. The second kappa shape index (κ2) is 4.81. The maximum Gasteiger partial charge on any atom is 0.255 e. The summed E-state index contributed by atoms with van der Waals surface area (Å²) in [5.41, 5.74) is 1.80. The third-order valence-corrected chi connectivity index (χ3v) is 2.91. The van der Waals surface area contributed by atoms with E-state index in [1.807, 2.05) is 24.3 Å². The average molecular weight is 250 g/mol. The van der Waals surface area contributed by atoms with Gasteiger partial charge in [0.1, 0.15) is 6.04 Å². The normalized spacial score (nSPS) is 19.6. The molecule has 2 rings (SSSR count). The second-order valence-corrected chi connectivity index (χ2v) is 4.33.